The normalized spacial score (nSPS) is 20.3. The van der Waals surface area contributed by atoms with E-state index in [-0.39, 0.29) is 34.8 Å². The maximum atomic E-state index is 12.6. The summed E-state index contributed by atoms with van der Waals surface area (Å²) < 4.78 is 154. The number of phenols is 2. The number of rotatable bonds is 10. The van der Waals surface area contributed by atoms with E-state index in [0.717, 1.165) is 72.2 Å². The molecule has 0 saturated heterocycles. The number of hydrogen-bond donors (Lipinski definition) is 2. The fraction of sp³-hybridized carbons (Fsp3) is 0.459. The summed E-state index contributed by atoms with van der Waals surface area (Å²) in [6.45, 7) is 15.6. The Balaban J connectivity index is 0.000000369. The zero-order chi connectivity index (χ0) is 43.8. The lowest BCUT2D eigenvalue weighted by Gasteiger charge is -2.32. The summed E-state index contributed by atoms with van der Waals surface area (Å²) in [4.78, 5) is 0. The highest BCUT2D eigenvalue weighted by Gasteiger charge is 2.49. The van der Waals surface area contributed by atoms with Gasteiger partial charge in [-0.15, -0.1) is 0 Å². The zero-order valence-corrected chi connectivity index (χ0v) is 33.0. The zero-order valence-electron chi connectivity index (χ0n) is 32.3. The van der Waals surface area contributed by atoms with Crippen molar-refractivity contribution >= 4 is 20.2 Å². The number of hydrogen-bond acceptors (Lipinski definition) is 10. The Bertz CT molecular complexity index is 2010. The summed E-state index contributed by atoms with van der Waals surface area (Å²) in [5.41, 5.74) is -6.48. The number of allylic oxidation sites excluding steroid dienone is 6. The van der Waals surface area contributed by atoms with Gasteiger partial charge in [-0.05, 0) is 65.2 Å². The molecule has 314 valence electrons. The molecular formula is C37H45F7O10S2. The van der Waals surface area contributed by atoms with Crippen molar-refractivity contribution in [3.05, 3.63) is 83.0 Å². The van der Waals surface area contributed by atoms with Crippen molar-refractivity contribution in [2.45, 2.75) is 76.2 Å². The maximum absolute atomic E-state index is 12.6. The van der Waals surface area contributed by atoms with E-state index in [1.807, 2.05) is 33.8 Å². The minimum absolute atomic E-state index is 0.0807. The van der Waals surface area contributed by atoms with Crippen molar-refractivity contribution in [3.63, 3.8) is 0 Å². The first-order valence-corrected chi connectivity index (χ1v) is 19.3. The first-order chi connectivity index (χ1) is 26.2. The Hall–Kier alpha value is -4.39. The summed E-state index contributed by atoms with van der Waals surface area (Å²) in [6.07, 6.45) is 7.22. The number of aromatic hydroxyl groups is 2. The minimum atomic E-state index is -5.90. The van der Waals surface area contributed by atoms with Crippen LogP contribution in [0.3, 0.4) is 0 Å². The average Bonchev–Trinajstić information content (AvgIpc) is 3.06. The molecule has 2 aliphatic rings. The fourth-order valence-electron chi connectivity index (χ4n) is 6.44. The van der Waals surface area contributed by atoms with Crippen molar-refractivity contribution in [2.75, 3.05) is 21.4 Å². The van der Waals surface area contributed by atoms with Gasteiger partial charge in [0.1, 0.15) is 34.5 Å². The fourth-order valence-corrected chi connectivity index (χ4v) is 7.33. The number of ether oxygens (including phenoxy) is 2. The third-order valence-corrected chi connectivity index (χ3v) is 11.0. The van der Waals surface area contributed by atoms with Gasteiger partial charge in [0.2, 0.25) is 0 Å². The molecule has 0 amide bonds. The molecule has 19 heteroatoms. The van der Waals surface area contributed by atoms with Crippen molar-refractivity contribution in [1.82, 2.24) is 0 Å². The van der Waals surface area contributed by atoms with Crippen LogP contribution in [0.2, 0.25) is 0 Å². The molecule has 56 heavy (non-hydrogen) atoms. The maximum Gasteiger partial charge on any atom is 0.534 e. The van der Waals surface area contributed by atoms with Crippen LogP contribution in [0.4, 0.5) is 30.7 Å². The van der Waals surface area contributed by atoms with E-state index < -0.39 is 67.3 Å². The second-order valence-electron chi connectivity index (χ2n) is 13.1. The number of methoxy groups -OCH3 is 2. The van der Waals surface area contributed by atoms with Crippen LogP contribution in [-0.4, -0.2) is 59.4 Å². The number of phenolic OH excluding ortho intramolecular Hbond substituents is 2. The molecule has 4 atom stereocenters. The molecule has 0 saturated carbocycles. The van der Waals surface area contributed by atoms with Gasteiger partial charge < -0.3 is 28.1 Å². The summed E-state index contributed by atoms with van der Waals surface area (Å²) in [6, 6.07) is 3.72. The van der Waals surface area contributed by atoms with Crippen molar-refractivity contribution < 1.29 is 77.0 Å². The quantitative estimate of drug-likeness (QED) is 0.103. The lowest BCUT2D eigenvalue weighted by molar-refractivity contribution is -0.0505. The molecule has 10 nitrogen and oxygen atoms in total. The highest BCUT2D eigenvalue weighted by atomic mass is 32.2. The lowest BCUT2D eigenvalue weighted by Crippen LogP contribution is -2.28. The molecular weight excluding hydrogens is 802 g/mol. The summed E-state index contributed by atoms with van der Waals surface area (Å²) in [7, 11) is -10.0. The van der Waals surface area contributed by atoms with E-state index in [1.165, 1.54) is 14.2 Å². The van der Waals surface area contributed by atoms with Crippen LogP contribution in [0.15, 0.2) is 71.9 Å². The van der Waals surface area contributed by atoms with Gasteiger partial charge >= 0.3 is 31.3 Å². The Morgan fingerprint density at radius 2 is 1.04 bits per heavy atom. The molecule has 2 N–H and O–H groups in total. The molecule has 0 fully saturated rings. The van der Waals surface area contributed by atoms with Crippen LogP contribution in [0.1, 0.15) is 77.7 Å². The second-order valence-corrected chi connectivity index (χ2v) is 16.2. The molecule has 0 aliphatic heterocycles. The van der Waals surface area contributed by atoms with Gasteiger partial charge in [0.15, 0.2) is 0 Å². The van der Waals surface area contributed by atoms with E-state index in [4.69, 9.17) is 10.8 Å². The van der Waals surface area contributed by atoms with Crippen LogP contribution in [0.5, 0.6) is 34.5 Å². The van der Waals surface area contributed by atoms with E-state index in [0.29, 0.717) is 5.56 Å². The standard InChI is InChI=1S/C19H23F3O5S.C17H19F3O5S.CH3F/c1-11(2)14-7-6-12(3)8-15(14)18-16(25-4)9-13(10-17(18)26-5)27-28(23,24)19(20,21)22;1-9(2)12-5-4-10(3)6-13(12)16-14(21)7-11(8-15(16)22)25-26(23,24)17(18,19)20;1-2/h8-10,14-15H,1,6-7H2,2-5H3;6-8,12-13,21-22H,1,4-5H2,2-3H3;1H3/t14-,15+;12-,13+;/m00./s1/i;;1D. The average molecular weight is 848 g/mol. The second kappa shape index (κ2) is 18.7. The third kappa shape index (κ3) is 11.4. The smallest absolute Gasteiger partial charge is 0.507 e. The van der Waals surface area contributed by atoms with Gasteiger partial charge in [0.25, 0.3) is 0 Å². The van der Waals surface area contributed by atoms with Crippen molar-refractivity contribution in [3.8, 4) is 34.5 Å². The van der Waals surface area contributed by atoms with Gasteiger partial charge in [-0.2, -0.15) is 43.2 Å². The molecule has 0 unspecified atom stereocenters. The largest absolute Gasteiger partial charge is 0.534 e. The monoisotopic (exact) mass is 847 g/mol. The molecule has 4 rings (SSSR count). The van der Waals surface area contributed by atoms with Gasteiger partial charge in [-0.3, -0.25) is 4.39 Å². The van der Waals surface area contributed by atoms with E-state index in [9.17, 15) is 57.8 Å². The van der Waals surface area contributed by atoms with Crippen LogP contribution in [0.25, 0.3) is 0 Å². The predicted octanol–water partition coefficient (Wildman–Crippen LogP) is 9.88. The minimum Gasteiger partial charge on any atom is -0.507 e. The molecule has 2 aromatic carbocycles. The number of halogens is 7. The molecule has 2 aliphatic carbocycles. The van der Waals surface area contributed by atoms with E-state index in [2.05, 4.69) is 27.6 Å². The van der Waals surface area contributed by atoms with Crippen LogP contribution in [-0.2, 0) is 20.2 Å². The Morgan fingerprint density at radius 3 is 1.34 bits per heavy atom. The Kier molecular flexibility index (Phi) is 15.4. The highest BCUT2D eigenvalue weighted by Crippen LogP contribution is 2.49. The van der Waals surface area contributed by atoms with E-state index >= 15 is 0 Å². The van der Waals surface area contributed by atoms with Gasteiger partial charge in [0.05, 0.1) is 22.7 Å². The molecule has 0 radical (unpaired) electrons. The first-order valence-electron chi connectivity index (χ1n) is 17.2. The predicted molar refractivity (Wildman–Crippen MR) is 196 cm³/mol. The molecule has 0 heterocycles. The Labute approximate surface area is 323 Å². The topological polar surface area (TPSA) is 146 Å². The SMILES string of the molecule is C=C(C)[C@@H]1CCC(C)=C[C@H]1c1c(O)cc(OS(=O)(=O)C(F)(F)F)cc1O.C=C(C)[C@@H]1CCC(C)=C[C@H]1c1c(OC)cc(OS(=O)(=O)C(F)(F)F)cc1OC.[2H]CF. The van der Waals surface area contributed by atoms with E-state index in [1.54, 1.807) is 0 Å². The molecule has 0 spiro atoms. The number of benzene rings is 2. The molecule has 2 aromatic rings. The summed E-state index contributed by atoms with van der Waals surface area (Å²) in [5.74, 6) is -2.75. The van der Waals surface area contributed by atoms with Crippen LogP contribution in [0, 0.1) is 11.8 Å². The van der Waals surface area contributed by atoms with Gasteiger partial charge in [-0.25, -0.2) is 0 Å². The summed E-state index contributed by atoms with van der Waals surface area (Å²) in [5, 5.41) is 20.5. The molecule has 0 aromatic heterocycles. The first kappa shape index (κ1) is 46.0. The lowest BCUT2D eigenvalue weighted by atomic mass is 9.74. The van der Waals surface area contributed by atoms with Crippen LogP contribution >= 0.6 is 0 Å². The molecule has 0 bridgehead atoms. The Morgan fingerprint density at radius 1 is 0.714 bits per heavy atom. The van der Waals surface area contributed by atoms with Gasteiger partial charge in [0, 0.05) is 47.2 Å². The van der Waals surface area contributed by atoms with Crippen molar-refractivity contribution in [2.24, 2.45) is 11.8 Å². The van der Waals surface area contributed by atoms with Gasteiger partial charge in [-0.1, -0.05) is 47.6 Å². The summed E-state index contributed by atoms with van der Waals surface area (Å²) >= 11 is 0. The third-order valence-electron chi connectivity index (χ3n) is 9.03. The number of alkyl halides is 7. The van der Waals surface area contributed by atoms with Crippen LogP contribution < -0.4 is 17.8 Å². The highest BCUT2D eigenvalue weighted by molar-refractivity contribution is 7.88. The van der Waals surface area contributed by atoms with Crippen molar-refractivity contribution in [1.29, 1.82) is 0 Å².